The molecule has 3 aromatic rings. The van der Waals surface area contributed by atoms with Crippen molar-refractivity contribution in [2.75, 3.05) is 23.8 Å². The highest BCUT2D eigenvalue weighted by Gasteiger charge is 2.11. The highest BCUT2D eigenvalue weighted by Crippen LogP contribution is 2.17. The first-order chi connectivity index (χ1) is 13.0. The van der Waals surface area contributed by atoms with Gasteiger partial charge >= 0.3 is 0 Å². The molecule has 0 bridgehead atoms. The lowest BCUT2D eigenvalue weighted by atomic mass is 10.1. The summed E-state index contributed by atoms with van der Waals surface area (Å²) in [5, 5.41) is 11.2. The predicted octanol–water partition coefficient (Wildman–Crippen LogP) is 3.42. The molecule has 1 amide bonds. The Labute approximate surface area is 159 Å². The topological polar surface area (TPSA) is 71.0 Å². The molecule has 6 nitrogen and oxygen atoms in total. The standard InChI is InChI=1S/C21H23N5O/c1-15-4-5-18(16(2)14-15)23-21(27)19-6-7-20(25-24-19)26(3)13-10-17-8-11-22-12-9-17/h4-9,11-12,14H,10,13H2,1-3H3,(H,23,27). The number of rotatable bonds is 6. The van der Waals surface area contributed by atoms with Gasteiger partial charge in [-0.2, -0.15) is 0 Å². The minimum Gasteiger partial charge on any atom is -0.358 e. The van der Waals surface area contributed by atoms with Crippen LogP contribution in [0, 0.1) is 13.8 Å². The Morgan fingerprint density at radius 3 is 2.48 bits per heavy atom. The quantitative estimate of drug-likeness (QED) is 0.728. The zero-order chi connectivity index (χ0) is 19.2. The average molecular weight is 361 g/mol. The fourth-order valence-electron chi connectivity index (χ4n) is 2.75. The average Bonchev–Trinajstić information content (AvgIpc) is 2.69. The third-order valence-electron chi connectivity index (χ3n) is 4.39. The van der Waals surface area contributed by atoms with Gasteiger partial charge in [-0.1, -0.05) is 17.7 Å². The number of aromatic nitrogens is 3. The van der Waals surface area contributed by atoms with Gasteiger partial charge in [0.1, 0.15) is 0 Å². The van der Waals surface area contributed by atoms with Crippen molar-refractivity contribution in [3.05, 3.63) is 77.2 Å². The summed E-state index contributed by atoms with van der Waals surface area (Å²) < 4.78 is 0. The van der Waals surface area contributed by atoms with Gasteiger partial charge in [-0.3, -0.25) is 9.78 Å². The van der Waals surface area contributed by atoms with Crippen molar-refractivity contribution in [1.82, 2.24) is 15.2 Å². The molecule has 1 N–H and O–H groups in total. The van der Waals surface area contributed by atoms with Crippen LogP contribution < -0.4 is 10.2 Å². The van der Waals surface area contributed by atoms with Crippen molar-refractivity contribution in [2.45, 2.75) is 20.3 Å². The molecule has 3 rings (SSSR count). The molecule has 2 aromatic heterocycles. The van der Waals surface area contributed by atoms with Crippen LogP contribution in [0.25, 0.3) is 0 Å². The molecule has 2 heterocycles. The van der Waals surface area contributed by atoms with E-state index >= 15 is 0 Å². The van der Waals surface area contributed by atoms with E-state index in [1.54, 1.807) is 18.5 Å². The number of nitrogens with zero attached hydrogens (tertiary/aromatic N) is 4. The van der Waals surface area contributed by atoms with Crippen LogP contribution in [0.3, 0.4) is 0 Å². The van der Waals surface area contributed by atoms with Crippen molar-refractivity contribution in [1.29, 1.82) is 0 Å². The summed E-state index contributed by atoms with van der Waals surface area (Å²) in [6, 6.07) is 13.4. The second-order valence-electron chi connectivity index (χ2n) is 6.58. The van der Waals surface area contributed by atoms with E-state index in [4.69, 9.17) is 0 Å². The molecular formula is C21H23N5O. The van der Waals surface area contributed by atoms with E-state index in [1.165, 1.54) is 5.56 Å². The molecule has 0 saturated heterocycles. The Bertz CT molecular complexity index is 910. The second-order valence-corrected chi connectivity index (χ2v) is 6.58. The van der Waals surface area contributed by atoms with Crippen LogP contribution in [0.2, 0.25) is 0 Å². The lowest BCUT2D eigenvalue weighted by molar-refractivity contribution is 0.102. The third-order valence-corrected chi connectivity index (χ3v) is 4.39. The van der Waals surface area contributed by atoms with E-state index in [9.17, 15) is 4.79 Å². The van der Waals surface area contributed by atoms with Crippen molar-refractivity contribution >= 4 is 17.4 Å². The zero-order valence-electron chi connectivity index (χ0n) is 15.8. The zero-order valence-corrected chi connectivity index (χ0v) is 15.8. The van der Waals surface area contributed by atoms with Crippen LogP contribution in [0.15, 0.2) is 54.9 Å². The fraction of sp³-hybridized carbons (Fsp3) is 0.238. The van der Waals surface area contributed by atoms with Crippen LogP contribution in [0.4, 0.5) is 11.5 Å². The highest BCUT2D eigenvalue weighted by molar-refractivity contribution is 6.03. The molecule has 0 unspecified atom stereocenters. The maximum Gasteiger partial charge on any atom is 0.276 e. The summed E-state index contributed by atoms with van der Waals surface area (Å²) >= 11 is 0. The molecule has 0 saturated carbocycles. The van der Waals surface area contributed by atoms with Gasteiger partial charge in [0, 0.05) is 31.7 Å². The highest BCUT2D eigenvalue weighted by atomic mass is 16.1. The van der Waals surface area contributed by atoms with Gasteiger partial charge in [-0.25, -0.2) is 0 Å². The number of benzene rings is 1. The number of nitrogens with one attached hydrogen (secondary N) is 1. The van der Waals surface area contributed by atoms with Crippen LogP contribution in [-0.4, -0.2) is 34.7 Å². The van der Waals surface area contributed by atoms with Crippen LogP contribution in [0.5, 0.6) is 0 Å². The maximum atomic E-state index is 12.4. The Morgan fingerprint density at radius 2 is 1.81 bits per heavy atom. The number of likely N-dealkylation sites (N-methyl/N-ethyl adjacent to an activating group) is 1. The molecule has 0 aliphatic heterocycles. The summed E-state index contributed by atoms with van der Waals surface area (Å²) in [4.78, 5) is 18.4. The minimum absolute atomic E-state index is 0.263. The molecule has 138 valence electrons. The number of aryl methyl sites for hydroxylation is 2. The summed E-state index contributed by atoms with van der Waals surface area (Å²) in [6.45, 7) is 4.79. The van der Waals surface area contributed by atoms with E-state index in [1.807, 2.05) is 62.2 Å². The SMILES string of the molecule is Cc1ccc(NC(=O)c2ccc(N(C)CCc3ccncc3)nn2)c(C)c1. The first-order valence-electron chi connectivity index (χ1n) is 8.85. The molecule has 0 atom stereocenters. The predicted molar refractivity (Wildman–Crippen MR) is 107 cm³/mol. The molecule has 0 aliphatic carbocycles. The number of anilines is 2. The van der Waals surface area contributed by atoms with Gasteiger partial charge in [0.2, 0.25) is 0 Å². The number of amides is 1. The monoisotopic (exact) mass is 361 g/mol. The molecule has 1 aromatic carbocycles. The maximum absolute atomic E-state index is 12.4. The summed E-state index contributed by atoms with van der Waals surface area (Å²) in [6.07, 6.45) is 4.46. The Balaban J connectivity index is 1.61. The van der Waals surface area contributed by atoms with Crippen molar-refractivity contribution in [2.24, 2.45) is 0 Å². The lowest BCUT2D eigenvalue weighted by Crippen LogP contribution is -2.22. The normalized spacial score (nSPS) is 10.5. The molecule has 6 heteroatoms. The van der Waals surface area contributed by atoms with Crippen molar-refractivity contribution in [3.63, 3.8) is 0 Å². The molecule has 0 radical (unpaired) electrons. The molecule has 0 fully saturated rings. The minimum atomic E-state index is -0.263. The van der Waals surface area contributed by atoms with Crippen LogP contribution >= 0.6 is 0 Å². The Hall–Kier alpha value is -3.28. The van der Waals surface area contributed by atoms with E-state index in [0.717, 1.165) is 35.6 Å². The molecular weight excluding hydrogens is 338 g/mol. The molecule has 0 aliphatic rings. The Morgan fingerprint density at radius 1 is 1.04 bits per heavy atom. The van der Waals surface area contributed by atoms with Gasteiger partial charge in [0.25, 0.3) is 5.91 Å². The van der Waals surface area contributed by atoms with Crippen molar-refractivity contribution < 1.29 is 4.79 Å². The van der Waals surface area contributed by atoms with E-state index in [-0.39, 0.29) is 5.91 Å². The summed E-state index contributed by atoms with van der Waals surface area (Å²) in [5.41, 5.74) is 4.47. The summed E-state index contributed by atoms with van der Waals surface area (Å²) in [5.74, 6) is 0.465. The van der Waals surface area contributed by atoms with E-state index < -0.39 is 0 Å². The largest absolute Gasteiger partial charge is 0.358 e. The van der Waals surface area contributed by atoms with E-state index in [2.05, 4.69) is 20.5 Å². The number of pyridine rings is 1. The Kier molecular flexibility index (Phi) is 5.76. The van der Waals surface area contributed by atoms with Gasteiger partial charge in [0.15, 0.2) is 11.5 Å². The number of hydrogen-bond donors (Lipinski definition) is 1. The summed E-state index contributed by atoms with van der Waals surface area (Å²) in [7, 11) is 1.96. The third kappa shape index (κ3) is 4.88. The van der Waals surface area contributed by atoms with Gasteiger partial charge < -0.3 is 10.2 Å². The fourth-order valence-corrected chi connectivity index (χ4v) is 2.75. The number of carbonyl (C=O) groups excluding carboxylic acids is 1. The first kappa shape index (κ1) is 18.5. The van der Waals surface area contributed by atoms with Gasteiger partial charge in [0.05, 0.1) is 0 Å². The van der Waals surface area contributed by atoms with Gasteiger partial charge in [-0.15, -0.1) is 10.2 Å². The van der Waals surface area contributed by atoms with Crippen LogP contribution in [-0.2, 0) is 6.42 Å². The van der Waals surface area contributed by atoms with Gasteiger partial charge in [-0.05, 0) is 61.7 Å². The lowest BCUT2D eigenvalue weighted by Gasteiger charge is -2.17. The van der Waals surface area contributed by atoms with Crippen molar-refractivity contribution in [3.8, 4) is 0 Å². The number of carbonyl (C=O) groups is 1. The second kappa shape index (κ2) is 8.40. The molecule has 27 heavy (non-hydrogen) atoms. The smallest absolute Gasteiger partial charge is 0.276 e. The van der Waals surface area contributed by atoms with Crippen LogP contribution in [0.1, 0.15) is 27.2 Å². The first-order valence-corrected chi connectivity index (χ1v) is 8.85. The number of hydrogen-bond acceptors (Lipinski definition) is 5. The molecule has 0 spiro atoms. The van der Waals surface area contributed by atoms with E-state index in [0.29, 0.717) is 5.69 Å².